The van der Waals surface area contributed by atoms with Gasteiger partial charge in [-0.05, 0) is 6.07 Å². The van der Waals surface area contributed by atoms with Gasteiger partial charge < -0.3 is 0 Å². The summed E-state index contributed by atoms with van der Waals surface area (Å²) in [6.45, 7) is 0. The molecule has 0 aromatic heterocycles. The van der Waals surface area contributed by atoms with E-state index in [4.69, 9.17) is 5.26 Å². The highest BCUT2D eigenvalue weighted by Gasteiger charge is 2.17. The molecule has 13 heavy (non-hydrogen) atoms. The summed E-state index contributed by atoms with van der Waals surface area (Å²) in [5.74, 6) is -0.896. The number of hydrogen-bond acceptors (Lipinski definition) is 4. The lowest BCUT2D eigenvalue weighted by atomic mass is 10.1. The molecule has 0 unspecified atom stereocenters. The van der Waals surface area contributed by atoms with Crippen LogP contribution < -0.4 is 0 Å². The molecule has 64 valence electrons. The number of nitro benzene ring substituents is 1. The number of rotatable bonds is 2. The molecule has 0 saturated heterocycles. The maximum absolute atomic E-state index is 10.9. The van der Waals surface area contributed by atoms with Gasteiger partial charge in [-0.1, -0.05) is 12.1 Å². The molecule has 0 spiro atoms. The van der Waals surface area contributed by atoms with Crippen molar-refractivity contribution < 1.29 is 9.72 Å². The predicted molar refractivity (Wildman–Crippen MR) is 43.0 cm³/mol. The topological polar surface area (TPSA) is 84.0 Å². The molecule has 0 bridgehead atoms. The molecule has 5 heteroatoms. The summed E-state index contributed by atoms with van der Waals surface area (Å²) in [6, 6.07) is 6.68. The number of carbonyl (C=O) groups excluding carboxylic acids is 1. The van der Waals surface area contributed by atoms with E-state index in [1.54, 1.807) is 0 Å². The van der Waals surface area contributed by atoms with Crippen molar-refractivity contribution in [2.24, 2.45) is 0 Å². The quantitative estimate of drug-likeness (QED) is 0.294. The Bertz CT molecular complexity index is 406. The van der Waals surface area contributed by atoms with Crippen LogP contribution in [0.5, 0.6) is 0 Å². The smallest absolute Gasteiger partial charge is 0.277 e. The fraction of sp³-hybridized carbons (Fsp3) is 0. The highest BCUT2D eigenvalue weighted by molar-refractivity contribution is 6.10. The van der Waals surface area contributed by atoms with Crippen molar-refractivity contribution in [3.8, 4) is 6.07 Å². The number of ketones is 1. The van der Waals surface area contributed by atoms with Crippen molar-refractivity contribution in [2.75, 3.05) is 0 Å². The van der Waals surface area contributed by atoms with E-state index in [1.807, 2.05) is 0 Å². The molecule has 5 nitrogen and oxygen atoms in total. The SMILES string of the molecule is N#CC(=O)c1ccccc1[N+](=O)[O-]. The number of Topliss-reactive ketones (excluding diaryl/α,β-unsaturated/α-hetero) is 1. The van der Waals surface area contributed by atoms with Crippen molar-refractivity contribution in [3.05, 3.63) is 39.9 Å². The number of carbonyl (C=O) groups is 1. The van der Waals surface area contributed by atoms with E-state index in [0.717, 1.165) is 0 Å². The molecule has 0 saturated carbocycles. The Morgan fingerprint density at radius 2 is 2.08 bits per heavy atom. The van der Waals surface area contributed by atoms with Crippen LogP contribution in [0.15, 0.2) is 24.3 Å². The average Bonchev–Trinajstić information content (AvgIpc) is 2.16. The first kappa shape index (κ1) is 8.87. The predicted octanol–water partition coefficient (Wildman–Crippen LogP) is 1.30. The summed E-state index contributed by atoms with van der Waals surface area (Å²) in [5, 5.41) is 18.7. The molecule has 0 aliphatic heterocycles. The number of hydrogen-bond donors (Lipinski definition) is 0. The lowest BCUT2D eigenvalue weighted by Crippen LogP contribution is -2.00. The Hall–Kier alpha value is -2.22. The van der Waals surface area contributed by atoms with E-state index in [-0.39, 0.29) is 11.3 Å². The molecule has 1 rings (SSSR count). The summed E-state index contributed by atoms with van der Waals surface area (Å²) < 4.78 is 0. The van der Waals surface area contributed by atoms with Gasteiger partial charge in [0.2, 0.25) is 0 Å². The Labute approximate surface area is 73.4 Å². The average molecular weight is 176 g/mol. The molecular weight excluding hydrogens is 172 g/mol. The molecule has 1 aromatic carbocycles. The van der Waals surface area contributed by atoms with Gasteiger partial charge in [-0.3, -0.25) is 14.9 Å². The number of benzene rings is 1. The Balaban J connectivity index is 3.29. The monoisotopic (exact) mass is 176 g/mol. The molecule has 0 atom stereocenters. The molecular formula is C8H4N2O3. The first-order chi connectivity index (χ1) is 6.16. The van der Waals surface area contributed by atoms with Crippen molar-refractivity contribution >= 4 is 11.5 Å². The lowest BCUT2D eigenvalue weighted by Gasteiger charge is -1.94. The van der Waals surface area contributed by atoms with Crippen LogP contribution in [-0.4, -0.2) is 10.7 Å². The normalized spacial score (nSPS) is 8.85. The largest absolute Gasteiger partial charge is 0.281 e. The highest BCUT2D eigenvalue weighted by Crippen LogP contribution is 2.17. The third-order valence-corrected chi connectivity index (χ3v) is 1.45. The summed E-state index contributed by atoms with van der Waals surface area (Å²) in [6.07, 6.45) is 0. The maximum atomic E-state index is 10.9. The zero-order valence-electron chi connectivity index (χ0n) is 6.43. The van der Waals surface area contributed by atoms with E-state index in [1.165, 1.54) is 30.3 Å². The van der Waals surface area contributed by atoms with Crippen LogP contribution in [-0.2, 0) is 0 Å². The second-order valence-corrected chi connectivity index (χ2v) is 2.22. The van der Waals surface area contributed by atoms with Gasteiger partial charge in [-0.25, -0.2) is 0 Å². The number of nitrogens with zero attached hydrogens (tertiary/aromatic N) is 2. The second kappa shape index (κ2) is 3.45. The van der Waals surface area contributed by atoms with E-state index in [0.29, 0.717) is 0 Å². The molecule has 1 aromatic rings. The minimum atomic E-state index is -0.896. The minimum absolute atomic E-state index is 0.171. The van der Waals surface area contributed by atoms with Gasteiger partial charge in [0.1, 0.15) is 11.6 Å². The van der Waals surface area contributed by atoms with E-state index in [2.05, 4.69) is 0 Å². The van der Waals surface area contributed by atoms with E-state index < -0.39 is 10.7 Å². The summed E-state index contributed by atoms with van der Waals surface area (Å²) >= 11 is 0. The van der Waals surface area contributed by atoms with Crippen LogP contribution >= 0.6 is 0 Å². The summed E-state index contributed by atoms with van der Waals surface area (Å²) in [4.78, 5) is 20.6. The molecule has 0 fully saturated rings. The van der Waals surface area contributed by atoms with Crippen LogP contribution in [0.2, 0.25) is 0 Å². The molecule has 0 amide bonds. The van der Waals surface area contributed by atoms with Gasteiger partial charge in [0.05, 0.1) is 4.92 Å². The number of para-hydroxylation sites is 1. The molecule has 0 radical (unpaired) electrons. The summed E-state index contributed by atoms with van der Waals surface area (Å²) in [7, 11) is 0. The van der Waals surface area contributed by atoms with Crippen molar-refractivity contribution in [3.63, 3.8) is 0 Å². The van der Waals surface area contributed by atoms with Crippen LogP contribution in [0.3, 0.4) is 0 Å². The number of nitriles is 1. The third kappa shape index (κ3) is 1.68. The van der Waals surface area contributed by atoms with Crippen molar-refractivity contribution in [2.45, 2.75) is 0 Å². The zero-order chi connectivity index (χ0) is 9.84. The van der Waals surface area contributed by atoms with Crippen LogP contribution in [0.4, 0.5) is 5.69 Å². The molecule has 0 aliphatic rings. The molecule has 0 N–H and O–H groups in total. The Morgan fingerprint density at radius 3 is 2.62 bits per heavy atom. The molecule has 0 heterocycles. The zero-order valence-corrected chi connectivity index (χ0v) is 6.43. The van der Waals surface area contributed by atoms with Crippen molar-refractivity contribution in [1.82, 2.24) is 0 Å². The van der Waals surface area contributed by atoms with E-state index >= 15 is 0 Å². The fourth-order valence-corrected chi connectivity index (χ4v) is 0.885. The summed E-state index contributed by atoms with van der Waals surface area (Å²) in [5.41, 5.74) is -0.510. The first-order valence-corrected chi connectivity index (χ1v) is 3.34. The fourth-order valence-electron chi connectivity index (χ4n) is 0.885. The van der Waals surface area contributed by atoms with Gasteiger partial charge in [0.25, 0.3) is 11.5 Å². The van der Waals surface area contributed by atoms with Gasteiger partial charge in [-0.15, -0.1) is 0 Å². The number of nitro groups is 1. The standard InChI is InChI=1S/C8H4N2O3/c9-5-8(11)6-3-1-2-4-7(6)10(12)13/h1-4H. The second-order valence-electron chi connectivity index (χ2n) is 2.22. The van der Waals surface area contributed by atoms with Crippen LogP contribution in [0, 0.1) is 21.4 Å². The Kier molecular flexibility index (Phi) is 2.36. The van der Waals surface area contributed by atoms with Gasteiger partial charge >= 0.3 is 0 Å². The highest BCUT2D eigenvalue weighted by atomic mass is 16.6. The van der Waals surface area contributed by atoms with Gasteiger partial charge in [0, 0.05) is 6.07 Å². The van der Waals surface area contributed by atoms with Crippen LogP contribution in [0.1, 0.15) is 10.4 Å². The van der Waals surface area contributed by atoms with Crippen molar-refractivity contribution in [1.29, 1.82) is 5.26 Å². The first-order valence-electron chi connectivity index (χ1n) is 3.34. The van der Waals surface area contributed by atoms with Crippen LogP contribution in [0.25, 0.3) is 0 Å². The van der Waals surface area contributed by atoms with Gasteiger partial charge in [-0.2, -0.15) is 5.26 Å². The van der Waals surface area contributed by atoms with Gasteiger partial charge in [0.15, 0.2) is 0 Å². The molecule has 0 aliphatic carbocycles. The lowest BCUT2D eigenvalue weighted by molar-refractivity contribution is -0.385. The third-order valence-electron chi connectivity index (χ3n) is 1.45. The minimum Gasteiger partial charge on any atom is -0.277 e. The maximum Gasteiger partial charge on any atom is 0.281 e. The van der Waals surface area contributed by atoms with E-state index in [9.17, 15) is 14.9 Å². The Morgan fingerprint density at radius 1 is 1.46 bits per heavy atom.